The molecule has 3 rings (SSSR count). The van der Waals surface area contributed by atoms with E-state index in [1.807, 2.05) is 0 Å². The molecule has 1 N–H and O–H groups in total. The van der Waals surface area contributed by atoms with E-state index in [1.165, 1.54) is 12.1 Å². The summed E-state index contributed by atoms with van der Waals surface area (Å²) in [5.41, 5.74) is 3.36. The molecule has 0 radical (unpaired) electrons. The lowest BCUT2D eigenvalue weighted by molar-refractivity contribution is 0.0491. The highest BCUT2D eigenvalue weighted by Crippen LogP contribution is 2.35. The third-order valence-electron chi connectivity index (χ3n) is 5.02. The number of ketones is 1. The third-order valence-corrected chi connectivity index (χ3v) is 5.02. The van der Waals surface area contributed by atoms with E-state index in [0.29, 0.717) is 36.3 Å². The first-order valence-electron chi connectivity index (χ1n) is 9.18. The standard InChI is InChI=1S/C21H24FNO3/c1-3-4-5-10-26-21(25)20-13(2)19-17(23-20)11-15(12-18(19)24)14-6-8-16(22)9-7-14/h6-9,15,23H,3-5,10-12H2,1-2H3. The second-order valence-corrected chi connectivity index (χ2v) is 6.90. The van der Waals surface area contributed by atoms with Crippen LogP contribution in [0.4, 0.5) is 4.39 Å². The molecule has 1 atom stereocenters. The summed E-state index contributed by atoms with van der Waals surface area (Å²) >= 11 is 0. The van der Waals surface area contributed by atoms with Gasteiger partial charge in [-0.2, -0.15) is 0 Å². The number of carbonyl (C=O) groups is 2. The number of unbranched alkanes of at least 4 members (excludes halogenated alkanes) is 2. The van der Waals surface area contributed by atoms with Gasteiger partial charge in [0.25, 0.3) is 0 Å². The molecule has 1 aromatic carbocycles. The summed E-state index contributed by atoms with van der Waals surface area (Å²) in [4.78, 5) is 28.1. The van der Waals surface area contributed by atoms with Crippen molar-refractivity contribution in [1.82, 2.24) is 4.98 Å². The maximum absolute atomic E-state index is 13.1. The van der Waals surface area contributed by atoms with Gasteiger partial charge in [-0.1, -0.05) is 31.9 Å². The van der Waals surface area contributed by atoms with Crippen molar-refractivity contribution in [1.29, 1.82) is 0 Å². The quantitative estimate of drug-likeness (QED) is 0.601. The number of nitrogens with one attached hydrogen (secondary N) is 1. The second kappa shape index (κ2) is 7.85. The smallest absolute Gasteiger partial charge is 0.355 e. The molecule has 0 amide bonds. The number of benzene rings is 1. The summed E-state index contributed by atoms with van der Waals surface area (Å²) in [6.07, 6.45) is 3.91. The summed E-state index contributed by atoms with van der Waals surface area (Å²) in [5.74, 6) is -0.694. The van der Waals surface area contributed by atoms with Gasteiger partial charge in [-0.3, -0.25) is 4.79 Å². The van der Waals surface area contributed by atoms with Crippen molar-refractivity contribution in [3.63, 3.8) is 0 Å². The van der Waals surface area contributed by atoms with Gasteiger partial charge >= 0.3 is 5.97 Å². The number of ether oxygens (including phenoxy) is 1. The Morgan fingerprint density at radius 2 is 1.96 bits per heavy atom. The molecule has 26 heavy (non-hydrogen) atoms. The van der Waals surface area contributed by atoms with Gasteiger partial charge in [0.1, 0.15) is 11.5 Å². The largest absolute Gasteiger partial charge is 0.461 e. The van der Waals surface area contributed by atoms with Crippen LogP contribution < -0.4 is 0 Å². The number of carbonyl (C=O) groups excluding carboxylic acids is 2. The van der Waals surface area contributed by atoms with Crippen LogP contribution in [0.5, 0.6) is 0 Å². The number of H-pyrrole nitrogens is 1. The highest BCUT2D eigenvalue weighted by molar-refractivity contribution is 6.03. The average Bonchev–Trinajstić information content (AvgIpc) is 2.96. The van der Waals surface area contributed by atoms with E-state index in [1.54, 1.807) is 19.1 Å². The minimum absolute atomic E-state index is 0.0120. The number of aromatic amines is 1. The monoisotopic (exact) mass is 357 g/mol. The molecule has 0 bridgehead atoms. The Morgan fingerprint density at radius 3 is 2.65 bits per heavy atom. The van der Waals surface area contributed by atoms with Crippen molar-refractivity contribution in [3.8, 4) is 0 Å². The number of halogens is 1. The number of hydrogen-bond donors (Lipinski definition) is 1. The van der Waals surface area contributed by atoms with Crippen LogP contribution in [0.2, 0.25) is 0 Å². The first kappa shape index (κ1) is 18.4. The molecule has 0 saturated carbocycles. The van der Waals surface area contributed by atoms with Crippen LogP contribution >= 0.6 is 0 Å². The Balaban J connectivity index is 1.78. The van der Waals surface area contributed by atoms with Gasteiger partial charge in [0.15, 0.2) is 5.78 Å². The van der Waals surface area contributed by atoms with Gasteiger partial charge < -0.3 is 9.72 Å². The van der Waals surface area contributed by atoms with Crippen molar-refractivity contribution >= 4 is 11.8 Å². The van der Waals surface area contributed by atoms with E-state index in [-0.39, 0.29) is 17.5 Å². The molecule has 0 fully saturated rings. The molecule has 5 heteroatoms. The van der Waals surface area contributed by atoms with Crippen molar-refractivity contribution in [2.45, 2.75) is 51.9 Å². The maximum atomic E-state index is 13.1. The number of rotatable bonds is 6. The zero-order valence-corrected chi connectivity index (χ0v) is 15.2. The molecule has 0 saturated heterocycles. The van der Waals surface area contributed by atoms with E-state index in [0.717, 1.165) is 30.5 Å². The van der Waals surface area contributed by atoms with Gasteiger partial charge in [0, 0.05) is 17.7 Å². The highest BCUT2D eigenvalue weighted by Gasteiger charge is 2.32. The van der Waals surface area contributed by atoms with Crippen LogP contribution in [0, 0.1) is 12.7 Å². The summed E-state index contributed by atoms with van der Waals surface area (Å²) in [7, 11) is 0. The second-order valence-electron chi connectivity index (χ2n) is 6.90. The lowest BCUT2D eigenvalue weighted by Crippen LogP contribution is -2.18. The fraction of sp³-hybridized carbons (Fsp3) is 0.429. The van der Waals surface area contributed by atoms with Crippen molar-refractivity contribution in [2.24, 2.45) is 0 Å². The molecule has 138 valence electrons. The number of aromatic nitrogens is 1. The lowest BCUT2D eigenvalue weighted by atomic mass is 9.81. The van der Waals surface area contributed by atoms with Crippen LogP contribution in [-0.2, 0) is 11.2 Å². The zero-order chi connectivity index (χ0) is 18.7. The van der Waals surface area contributed by atoms with Crippen LogP contribution in [0.1, 0.15) is 76.2 Å². The van der Waals surface area contributed by atoms with E-state index < -0.39 is 5.97 Å². The van der Waals surface area contributed by atoms with Crippen LogP contribution in [0.3, 0.4) is 0 Å². The van der Waals surface area contributed by atoms with E-state index in [9.17, 15) is 14.0 Å². The van der Waals surface area contributed by atoms with Gasteiger partial charge in [0.2, 0.25) is 0 Å². The van der Waals surface area contributed by atoms with Gasteiger partial charge in [-0.25, -0.2) is 9.18 Å². The molecule has 4 nitrogen and oxygen atoms in total. The topological polar surface area (TPSA) is 59.2 Å². The predicted octanol–water partition coefficient (Wildman–Crippen LogP) is 4.72. The molecule has 1 aromatic heterocycles. The molecular weight excluding hydrogens is 333 g/mol. The van der Waals surface area contributed by atoms with Gasteiger partial charge in [0.05, 0.1) is 6.61 Å². The predicted molar refractivity (Wildman–Crippen MR) is 97.1 cm³/mol. The van der Waals surface area contributed by atoms with Crippen molar-refractivity contribution in [2.75, 3.05) is 6.61 Å². The summed E-state index contributed by atoms with van der Waals surface area (Å²) in [5, 5.41) is 0. The van der Waals surface area contributed by atoms with E-state index in [4.69, 9.17) is 4.74 Å². The number of hydrogen-bond acceptors (Lipinski definition) is 3. The van der Waals surface area contributed by atoms with Crippen LogP contribution in [0.25, 0.3) is 0 Å². The molecule has 0 aliphatic heterocycles. The van der Waals surface area contributed by atoms with Crippen LogP contribution in [0.15, 0.2) is 24.3 Å². The third kappa shape index (κ3) is 3.71. The maximum Gasteiger partial charge on any atom is 0.355 e. The Labute approximate surface area is 152 Å². The van der Waals surface area contributed by atoms with E-state index in [2.05, 4.69) is 11.9 Å². The van der Waals surface area contributed by atoms with Gasteiger partial charge in [-0.05, 0) is 48.9 Å². The highest BCUT2D eigenvalue weighted by atomic mass is 19.1. The molecule has 1 aliphatic rings. The van der Waals surface area contributed by atoms with Gasteiger partial charge in [-0.15, -0.1) is 0 Å². The summed E-state index contributed by atoms with van der Waals surface area (Å²) < 4.78 is 18.5. The molecule has 1 heterocycles. The normalized spacial score (nSPS) is 16.4. The Bertz CT molecular complexity index is 807. The Kier molecular flexibility index (Phi) is 5.55. The summed E-state index contributed by atoms with van der Waals surface area (Å²) in [6, 6.07) is 6.26. The van der Waals surface area contributed by atoms with Crippen LogP contribution in [-0.4, -0.2) is 23.3 Å². The zero-order valence-electron chi connectivity index (χ0n) is 15.2. The number of esters is 1. The first-order chi connectivity index (χ1) is 12.5. The number of fused-ring (bicyclic) bond motifs is 1. The SMILES string of the molecule is CCCCCOC(=O)c1[nH]c2c(c1C)C(=O)CC(c1ccc(F)cc1)C2. The first-order valence-corrected chi connectivity index (χ1v) is 9.18. The fourth-order valence-electron chi connectivity index (χ4n) is 3.60. The minimum Gasteiger partial charge on any atom is -0.461 e. The van der Waals surface area contributed by atoms with Crippen molar-refractivity contribution in [3.05, 3.63) is 58.2 Å². The van der Waals surface area contributed by atoms with Crippen molar-refractivity contribution < 1.29 is 18.7 Å². The molecular formula is C21H24FNO3. The Hall–Kier alpha value is -2.43. The lowest BCUT2D eigenvalue weighted by Gasteiger charge is -2.22. The number of Topliss-reactive ketones (excluding diaryl/α,β-unsaturated/α-hetero) is 1. The molecule has 2 aromatic rings. The Morgan fingerprint density at radius 1 is 1.23 bits per heavy atom. The van der Waals surface area contributed by atoms with E-state index >= 15 is 0 Å². The molecule has 1 unspecified atom stereocenters. The molecule has 1 aliphatic carbocycles. The minimum atomic E-state index is -0.404. The fourth-order valence-corrected chi connectivity index (χ4v) is 3.60. The molecule has 0 spiro atoms. The average molecular weight is 357 g/mol. The summed E-state index contributed by atoms with van der Waals surface area (Å²) in [6.45, 7) is 4.27.